The van der Waals surface area contributed by atoms with Gasteiger partial charge in [-0.25, -0.2) is 0 Å². The van der Waals surface area contributed by atoms with Crippen LogP contribution in [0.1, 0.15) is 0 Å². The molecule has 0 saturated heterocycles. The quantitative estimate of drug-likeness (QED) is 0.698. The maximum Gasteiger partial charge on any atom is 0.138 e. The van der Waals surface area contributed by atoms with Crippen molar-refractivity contribution in [1.82, 2.24) is 0 Å². The molecule has 0 aliphatic heterocycles. The highest BCUT2D eigenvalue weighted by Gasteiger charge is 2.13. The summed E-state index contributed by atoms with van der Waals surface area (Å²) in [4.78, 5) is 0. The summed E-state index contributed by atoms with van der Waals surface area (Å²) in [6.45, 7) is 0. The predicted molar refractivity (Wildman–Crippen MR) is 82.7 cm³/mol. The molecule has 0 aliphatic carbocycles. The first-order valence-corrected chi connectivity index (χ1v) is 6.70. The van der Waals surface area contributed by atoms with E-state index in [-0.39, 0.29) is 0 Å². The highest BCUT2D eigenvalue weighted by molar-refractivity contribution is 5.71. The van der Waals surface area contributed by atoms with Crippen LogP contribution in [0.4, 0.5) is 0 Å². The van der Waals surface area contributed by atoms with E-state index in [0.717, 1.165) is 34.1 Å². The van der Waals surface area contributed by atoms with E-state index in [1.807, 2.05) is 60.7 Å². The van der Waals surface area contributed by atoms with Crippen LogP contribution in [0.2, 0.25) is 0 Å². The van der Waals surface area contributed by atoms with Gasteiger partial charge < -0.3 is 13.9 Å². The van der Waals surface area contributed by atoms with E-state index in [4.69, 9.17) is 13.9 Å². The lowest BCUT2D eigenvalue weighted by Gasteiger charge is -2.06. The van der Waals surface area contributed by atoms with Crippen LogP contribution in [0.25, 0.3) is 22.6 Å². The fraction of sp³-hybridized carbons (Fsp3) is 0.111. The molecule has 0 spiro atoms. The van der Waals surface area contributed by atoms with Gasteiger partial charge in [-0.2, -0.15) is 0 Å². The average Bonchev–Trinajstić information content (AvgIpc) is 3.04. The van der Waals surface area contributed by atoms with Crippen molar-refractivity contribution in [3.63, 3.8) is 0 Å². The molecule has 0 unspecified atom stereocenters. The maximum absolute atomic E-state index is 5.98. The lowest BCUT2D eigenvalue weighted by Crippen LogP contribution is -1.86. The number of para-hydroxylation sites is 2. The Morgan fingerprint density at radius 3 is 1.48 bits per heavy atom. The van der Waals surface area contributed by atoms with Crippen LogP contribution in [-0.2, 0) is 0 Å². The van der Waals surface area contributed by atoms with Gasteiger partial charge in [0.2, 0.25) is 0 Å². The molecule has 3 nitrogen and oxygen atoms in total. The van der Waals surface area contributed by atoms with Gasteiger partial charge in [-0.15, -0.1) is 0 Å². The Balaban J connectivity index is 2.04. The van der Waals surface area contributed by atoms with Crippen LogP contribution < -0.4 is 9.47 Å². The Morgan fingerprint density at radius 2 is 1.05 bits per heavy atom. The first-order valence-electron chi connectivity index (χ1n) is 6.70. The summed E-state index contributed by atoms with van der Waals surface area (Å²) in [5.74, 6) is 3.12. The average molecular weight is 280 g/mol. The van der Waals surface area contributed by atoms with Crippen molar-refractivity contribution in [1.29, 1.82) is 0 Å². The molecule has 1 aromatic heterocycles. The van der Waals surface area contributed by atoms with Gasteiger partial charge in [0.1, 0.15) is 23.0 Å². The minimum atomic E-state index is 0.772. The largest absolute Gasteiger partial charge is 0.496 e. The Labute approximate surface area is 123 Å². The van der Waals surface area contributed by atoms with Crippen molar-refractivity contribution >= 4 is 0 Å². The normalized spacial score (nSPS) is 10.4. The van der Waals surface area contributed by atoms with Crippen LogP contribution >= 0.6 is 0 Å². The molecule has 3 rings (SSSR count). The molecule has 106 valence electrons. The van der Waals surface area contributed by atoms with E-state index >= 15 is 0 Å². The molecule has 21 heavy (non-hydrogen) atoms. The van der Waals surface area contributed by atoms with E-state index in [9.17, 15) is 0 Å². The summed E-state index contributed by atoms with van der Waals surface area (Å²) in [7, 11) is 3.31. The number of rotatable bonds is 4. The third kappa shape index (κ3) is 2.50. The molecular weight excluding hydrogens is 264 g/mol. The fourth-order valence-electron chi connectivity index (χ4n) is 2.32. The second-order valence-corrected chi connectivity index (χ2v) is 4.56. The van der Waals surface area contributed by atoms with Gasteiger partial charge >= 0.3 is 0 Å². The molecule has 0 radical (unpaired) electrons. The second kappa shape index (κ2) is 5.75. The highest BCUT2D eigenvalue weighted by atomic mass is 16.5. The van der Waals surface area contributed by atoms with Gasteiger partial charge in [-0.05, 0) is 36.4 Å². The predicted octanol–water partition coefficient (Wildman–Crippen LogP) is 4.63. The molecule has 0 atom stereocenters. The lowest BCUT2D eigenvalue weighted by atomic mass is 10.1. The molecule has 0 bridgehead atoms. The number of furan rings is 1. The number of hydrogen-bond donors (Lipinski definition) is 0. The van der Waals surface area contributed by atoms with E-state index in [1.165, 1.54) is 0 Å². The minimum Gasteiger partial charge on any atom is -0.496 e. The van der Waals surface area contributed by atoms with Crippen LogP contribution in [-0.4, -0.2) is 14.2 Å². The van der Waals surface area contributed by atoms with Gasteiger partial charge in [-0.3, -0.25) is 0 Å². The molecule has 0 aliphatic rings. The van der Waals surface area contributed by atoms with Crippen molar-refractivity contribution in [3.05, 3.63) is 60.7 Å². The zero-order chi connectivity index (χ0) is 14.7. The first kappa shape index (κ1) is 13.3. The zero-order valence-electron chi connectivity index (χ0n) is 12.0. The monoisotopic (exact) mass is 280 g/mol. The molecule has 0 N–H and O–H groups in total. The maximum atomic E-state index is 5.98. The van der Waals surface area contributed by atoms with E-state index < -0.39 is 0 Å². The minimum absolute atomic E-state index is 0.772. The SMILES string of the molecule is COc1ccccc1-c1ccc(-c2ccccc2OC)o1. The standard InChI is InChI=1S/C18H16O3/c1-19-15-9-5-3-7-13(15)17-11-12-18(21-17)14-8-4-6-10-16(14)20-2/h3-12H,1-2H3. The Hall–Kier alpha value is -2.68. The van der Waals surface area contributed by atoms with E-state index in [1.54, 1.807) is 14.2 Å². The smallest absolute Gasteiger partial charge is 0.138 e. The van der Waals surface area contributed by atoms with Crippen LogP contribution in [0, 0.1) is 0 Å². The Bertz CT molecular complexity index is 681. The first-order chi connectivity index (χ1) is 10.3. The van der Waals surface area contributed by atoms with Gasteiger partial charge in [-0.1, -0.05) is 24.3 Å². The number of benzene rings is 2. The Kier molecular flexibility index (Phi) is 3.65. The van der Waals surface area contributed by atoms with Crippen molar-refractivity contribution < 1.29 is 13.9 Å². The second-order valence-electron chi connectivity index (χ2n) is 4.56. The summed E-state index contributed by atoms with van der Waals surface area (Å²) in [6.07, 6.45) is 0. The van der Waals surface area contributed by atoms with Gasteiger partial charge in [0, 0.05) is 0 Å². The molecule has 3 heteroatoms. The van der Waals surface area contributed by atoms with Gasteiger partial charge in [0.15, 0.2) is 0 Å². The summed E-state index contributed by atoms with van der Waals surface area (Å²) < 4.78 is 16.7. The van der Waals surface area contributed by atoms with Crippen LogP contribution in [0.15, 0.2) is 65.1 Å². The summed E-state index contributed by atoms with van der Waals surface area (Å²) in [5.41, 5.74) is 1.86. The summed E-state index contributed by atoms with van der Waals surface area (Å²) >= 11 is 0. The molecule has 0 saturated carbocycles. The lowest BCUT2D eigenvalue weighted by molar-refractivity contribution is 0.413. The third-order valence-electron chi connectivity index (χ3n) is 3.35. The topological polar surface area (TPSA) is 31.6 Å². The van der Waals surface area contributed by atoms with E-state index in [0.29, 0.717) is 0 Å². The van der Waals surface area contributed by atoms with Crippen molar-refractivity contribution in [2.24, 2.45) is 0 Å². The summed E-state index contributed by atoms with van der Waals surface area (Å²) in [6, 6.07) is 19.5. The highest BCUT2D eigenvalue weighted by Crippen LogP contribution is 2.36. The van der Waals surface area contributed by atoms with Gasteiger partial charge in [0.05, 0.1) is 25.3 Å². The van der Waals surface area contributed by atoms with Crippen molar-refractivity contribution in [2.75, 3.05) is 14.2 Å². The fourth-order valence-corrected chi connectivity index (χ4v) is 2.32. The van der Waals surface area contributed by atoms with E-state index in [2.05, 4.69) is 0 Å². The summed E-state index contributed by atoms with van der Waals surface area (Å²) in [5, 5.41) is 0. The van der Waals surface area contributed by atoms with Crippen LogP contribution in [0.3, 0.4) is 0 Å². The zero-order valence-corrected chi connectivity index (χ0v) is 12.0. The Morgan fingerprint density at radius 1 is 0.619 bits per heavy atom. The number of methoxy groups -OCH3 is 2. The van der Waals surface area contributed by atoms with Gasteiger partial charge in [0.25, 0.3) is 0 Å². The third-order valence-corrected chi connectivity index (χ3v) is 3.35. The molecular formula is C18H16O3. The molecule has 0 fully saturated rings. The molecule has 3 aromatic rings. The van der Waals surface area contributed by atoms with Crippen molar-refractivity contribution in [3.8, 4) is 34.1 Å². The number of hydrogen-bond acceptors (Lipinski definition) is 3. The molecule has 2 aromatic carbocycles. The molecule has 1 heterocycles. The van der Waals surface area contributed by atoms with Crippen molar-refractivity contribution in [2.45, 2.75) is 0 Å². The van der Waals surface area contributed by atoms with Crippen LogP contribution in [0.5, 0.6) is 11.5 Å². The molecule has 0 amide bonds. The number of ether oxygens (including phenoxy) is 2.